The number of hydrogen-bond acceptors (Lipinski definition) is 3. The number of hydrogen-bond donors (Lipinski definition) is 0. The van der Waals surface area contributed by atoms with Gasteiger partial charge in [0.15, 0.2) is 16.4 Å². The van der Waals surface area contributed by atoms with Crippen LogP contribution in [-0.4, -0.2) is 46.2 Å². The van der Waals surface area contributed by atoms with Gasteiger partial charge in [0.25, 0.3) is 0 Å². The zero-order valence-electron chi connectivity index (χ0n) is 16.1. The maximum absolute atomic E-state index is 14.3. The third kappa shape index (κ3) is 3.61. The van der Waals surface area contributed by atoms with Gasteiger partial charge in [-0.2, -0.15) is 0 Å². The molecule has 4 rings (SSSR count). The minimum Gasteiger partial charge on any atom is -0.378 e. The predicted molar refractivity (Wildman–Crippen MR) is 103 cm³/mol. The average molecular weight is 425 g/mol. The van der Waals surface area contributed by atoms with E-state index in [1.54, 1.807) is 4.90 Å². The van der Waals surface area contributed by atoms with Gasteiger partial charge in [0, 0.05) is 56.0 Å². The van der Waals surface area contributed by atoms with Crippen LogP contribution in [0.1, 0.15) is 29.3 Å². The van der Waals surface area contributed by atoms with E-state index < -0.39 is 23.4 Å². The van der Waals surface area contributed by atoms with Gasteiger partial charge < -0.3 is 18.8 Å². The van der Waals surface area contributed by atoms with Gasteiger partial charge in [0.05, 0.1) is 13.2 Å². The number of rotatable bonds is 4. The Hall–Kier alpha value is -2.13. The number of benzene rings is 1. The van der Waals surface area contributed by atoms with Gasteiger partial charge in [-0.25, -0.2) is 13.2 Å². The molecule has 1 amide bonds. The van der Waals surface area contributed by atoms with Crippen LogP contribution in [0.3, 0.4) is 0 Å². The van der Waals surface area contributed by atoms with E-state index in [-0.39, 0.29) is 18.0 Å². The molecule has 5 nitrogen and oxygen atoms in total. The van der Waals surface area contributed by atoms with Crippen molar-refractivity contribution in [1.29, 1.82) is 0 Å². The third-order valence-electron chi connectivity index (χ3n) is 5.85. The van der Waals surface area contributed by atoms with Gasteiger partial charge in [0.1, 0.15) is 5.82 Å². The number of carbonyl (C=O) groups is 1. The molecule has 0 spiro atoms. The number of imidazole rings is 1. The molecule has 0 aliphatic carbocycles. The number of morpholine rings is 1. The molecule has 0 saturated carbocycles. The average Bonchev–Trinajstić information content (AvgIpc) is 3.23. The van der Waals surface area contributed by atoms with Crippen LogP contribution in [0.2, 0.25) is 0 Å². The second-order valence-electron chi connectivity index (χ2n) is 7.50. The van der Waals surface area contributed by atoms with Gasteiger partial charge in [-0.1, -0.05) is 0 Å². The highest BCUT2D eigenvalue weighted by Crippen LogP contribution is 2.36. The number of nitrogens with zero attached hydrogens (tertiary/aromatic N) is 3. The Balaban J connectivity index is 1.55. The number of ether oxygens (including phenoxy) is 1. The molecular weight excluding hydrogens is 403 g/mol. The maximum atomic E-state index is 14.3. The summed E-state index contributed by atoms with van der Waals surface area (Å²) in [5.41, 5.74) is 1.51. The fourth-order valence-corrected chi connectivity index (χ4v) is 4.61. The standard InChI is InChI=1S/C20H22F3N3O2S/c1-24-15(4-5-17(27)25-6-8-28-9-7-25)16-10-12(11-26(16)20(24)29)18-13(21)2-3-14(22)19(18)23/h2-3,12H,4-11H2,1H3. The maximum Gasteiger partial charge on any atom is 0.223 e. The number of halogens is 3. The van der Waals surface area contributed by atoms with E-state index in [1.165, 1.54) is 0 Å². The number of carbonyl (C=O) groups excluding carboxylic acids is 1. The van der Waals surface area contributed by atoms with E-state index in [1.807, 2.05) is 16.2 Å². The SMILES string of the molecule is Cn1c(CCC(=O)N2CCOCC2)c2n(c1=S)CC(c1c(F)ccc(F)c1F)C2. The molecule has 1 aromatic heterocycles. The molecule has 29 heavy (non-hydrogen) atoms. The van der Waals surface area contributed by atoms with E-state index in [2.05, 4.69) is 0 Å². The van der Waals surface area contributed by atoms with Crippen molar-refractivity contribution in [3.63, 3.8) is 0 Å². The van der Waals surface area contributed by atoms with Crippen molar-refractivity contribution in [2.45, 2.75) is 31.7 Å². The molecule has 0 bridgehead atoms. The minimum absolute atomic E-state index is 0.0518. The van der Waals surface area contributed by atoms with Gasteiger partial charge in [-0.15, -0.1) is 0 Å². The topological polar surface area (TPSA) is 39.4 Å². The van der Waals surface area contributed by atoms with E-state index in [0.717, 1.165) is 23.5 Å². The second-order valence-corrected chi connectivity index (χ2v) is 7.86. The molecule has 1 atom stereocenters. The summed E-state index contributed by atoms with van der Waals surface area (Å²) in [6.45, 7) is 2.56. The zero-order valence-corrected chi connectivity index (χ0v) is 16.9. The van der Waals surface area contributed by atoms with Crippen LogP contribution in [0, 0.1) is 22.2 Å². The van der Waals surface area contributed by atoms with Crippen molar-refractivity contribution in [1.82, 2.24) is 14.0 Å². The van der Waals surface area contributed by atoms with Crippen LogP contribution in [0.5, 0.6) is 0 Å². The predicted octanol–water partition coefficient (Wildman–Crippen LogP) is 3.10. The Morgan fingerprint density at radius 1 is 1.21 bits per heavy atom. The Bertz CT molecular complexity index is 1010. The lowest BCUT2D eigenvalue weighted by Gasteiger charge is -2.26. The second kappa shape index (κ2) is 7.95. The highest BCUT2D eigenvalue weighted by atomic mass is 32.1. The molecule has 1 unspecified atom stereocenters. The van der Waals surface area contributed by atoms with Crippen LogP contribution in [0.25, 0.3) is 0 Å². The van der Waals surface area contributed by atoms with Crippen LogP contribution >= 0.6 is 12.2 Å². The van der Waals surface area contributed by atoms with Crippen LogP contribution in [0.4, 0.5) is 13.2 Å². The molecule has 2 aliphatic heterocycles. The van der Waals surface area contributed by atoms with Gasteiger partial charge in [0.2, 0.25) is 5.91 Å². The summed E-state index contributed by atoms with van der Waals surface area (Å²) < 4.78 is 51.7. The Labute approximate surface area is 171 Å². The molecule has 1 saturated heterocycles. The fourth-order valence-electron chi connectivity index (χ4n) is 4.31. The molecule has 1 aromatic carbocycles. The van der Waals surface area contributed by atoms with Crippen LogP contribution in [0.15, 0.2) is 12.1 Å². The first-order valence-corrected chi connectivity index (χ1v) is 10.1. The fraction of sp³-hybridized carbons (Fsp3) is 0.500. The van der Waals surface area contributed by atoms with E-state index >= 15 is 0 Å². The minimum atomic E-state index is -1.14. The Morgan fingerprint density at radius 3 is 2.62 bits per heavy atom. The summed E-state index contributed by atoms with van der Waals surface area (Å²) >= 11 is 5.49. The lowest BCUT2D eigenvalue weighted by molar-refractivity contribution is -0.135. The van der Waals surface area contributed by atoms with Crippen molar-refractivity contribution < 1.29 is 22.7 Å². The van der Waals surface area contributed by atoms with Crippen molar-refractivity contribution in [3.8, 4) is 0 Å². The Kier molecular flexibility index (Phi) is 5.52. The monoisotopic (exact) mass is 425 g/mol. The van der Waals surface area contributed by atoms with E-state index in [0.29, 0.717) is 50.3 Å². The molecule has 3 heterocycles. The summed E-state index contributed by atoms with van der Waals surface area (Å²) in [6, 6.07) is 1.75. The number of aromatic nitrogens is 2. The van der Waals surface area contributed by atoms with Crippen molar-refractivity contribution >= 4 is 18.1 Å². The number of fused-ring (bicyclic) bond motifs is 1. The highest BCUT2D eigenvalue weighted by molar-refractivity contribution is 7.71. The van der Waals surface area contributed by atoms with Crippen LogP contribution in [-0.2, 0) is 36.0 Å². The van der Waals surface area contributed by atoms with Gasteiger partial charge in [-0.05, 0) is 37.2 Å². The molecule has 156 valence electrons. The molecule has 0 radical (unpaired) electrons. The van der Waals surface area contributed by atoms with E-state index in [9.17, 15) is 18.0 Å². The summed E-state index contributed by atoms with van der Waals surface area (Å²) in [5.74, 6) is -3.43. The van der Waals surface area contributed by atoms with Crippen molar-refractivity contribution in [2.24, 2.45) is 7.05 Å². The molecule has 0 N–H and O–H groups in total. The third-order valence-corrected chi connectivity index (χ3v) is 6.35. The lowest BCUT2D eigenvalue weighted by atomic mass is 9.94. The quantitative estimate of drug-likeness (QED) is 0.558. The summed E-state index contributed by atoms with van der Waals surface area (Å²) in [7, 11) is 1.83. The van der Waals surface area contributed by atoms with Crippen LogP contribution < -0.4 is 0 Å². The molecule has 9 heteroatoms. The summed E-state index contributed by atoms with van der Waals surface area (Å²) in [6.07, 6.45) is 1.16. The summed E-state index contributed by atoms with van der Waals surface area (Å²) in [4.78, 5) is 14.3. The van der Waals surface area contributed by atoms with Crippen molar-refractivity contribution in [3.05, 3.63) is 51.3 Å². The first-order valence-electron chi connectivity index (χ1n) is 9.64. The smallest absolute Gasteiger partial charge is 0.223 e. The Morgan fingerprint density at radius 2 is 1.90 bits per heavy atom. The first kappa shape index (κ1) is 20.2. The molecule has 2 aliphatic rings. The highest BCUT2D eigenvalue weighted by Gasteiger charge is 2.33. The largest absolute Gasteiger partial charge is 0.378 e. The normalized spacial score (nSPS) is 18.9. The molecule has 1 fully saturated rings. The molecular formula is C20H22F3N3O2S. The molecule has 2 aromatic rings. The van der Waals surface area contributed by atoms with Gasteiger partial charge >= 0.3 is 0 Å². The first-order chi connectivity index (χ1) is 13.9. The van der Waals surface area contributed by atoms with Crippen molar-refractivity contribution in [2.75, 3.05) is 26.3 Å². The van der Waals surface area contributed by atoms with Gasteiger partial charge in [-0.3, -0.25) is 4.79 Å². The van der Waals surface area contributed by atoms with E-state index in [4.69, 9.17) is 17.0 Å². The zero-order chi connectivity index (χ0) is 20.7. The number of amides is 1. The lowest BCUT2D eigenvalue weighted by Crippen LogP contribution is -2.40. The summed E-state index contributed by atoms with van der Waals surface area (Å²) in [5, 5.41) is 0.